The fourth-order valence-electron chi connectivity index (χ4n) is 3.58. The Kier molecular flexibility index (Phi) is 3.69. The molecular formula is C16H13F9O. The molecule has 1 nitrogen and oxygen atoms in total. The molecule has 2 fully saturated rings. The number of halogens is 9. The van der Waals surface area contributed by atoms with E-state index < -0.39 is 83.0 Å². The summed E-state index contributed by atoms with van der Waals surface area (Å²) in [6.07, 6.45) is -13.1. The van der Waals surface area contributed by atoms with Crippen LogP contribution >= 0.6 is 0 Å². The molecule has 26 heavy (non-hydrogen) atoms. The van der Waals surface area contributed by atoms with Crippen molar-refractivity contribution in [3.63, 3.8) is 0 Å². The number of hydrogen-bond donors (Lipinski definition) is 1. The molecular weight excluding hydrogens is 379 g/mol. The highest BCUT2D eigenvalue weighted by Crippen LogP contribution is 2.67. The monoisotopic (exact) mass is 392 g/mol. The molecule has 1 aromatic carbocycles. The Balaban J connectivity index is 2.23. The molecule has 0 aromatic heterocycles. The van der Waals surface area contributed by atoms with Crippen molar-refractivity contribution < 1.29 is 44.6 Å². The van der Waals surface area contributed by atoms with Gasteiger partial charge in [-0.25, -0.2) is 4.39 Å². The van der Waals surface area contributed by atoms with E-state index in [1.54, 1.807) is 0 Å². The summed E-state index contributed by atoms with van der Waals surface area (Å²) in [4.78, 5) is 0. The predicted molar refractivity (Wildman–Crippen MR) is 71.7 cm³/mol. The normalized spacial score (nSPS) is 21.6. The van der Waals surface area contributed by atoms with Crippen molar-refractivity contribution in [2.45, 2.75) is 61.7 Å². The highest BCUT2D eigenvalue weighted by atomic mass is 19.4. The van der Waals surface area contributed by atoms with Crippen LogP contribution in [-0.4, -0.2) is 23.4 Å². The predicted octanol–water partition coefficient (Wildman–Crippen LogP) is 5.66. The lowest BCUT2D eigenvalue weighted by Crippen LogP contribution is -2.47. The van der Waals surface area contributed by atoms with Crippen LogP contribution in [0.25, 0.3) is 0 Å². The van der Waals surface area contributed by atoms with Crippen LogP contribution in [-0.2, 0) is 10.8 Å². The molecule has 2 saturated carbocycles. The van der Waals surface area contributed by atoms with Gasteiger partial charge in [0.1, 0.15) is 0 Å². The molecule has 0 bridgehead atoms. The standard InChI is InChI=1S/C16H13F9O/c1-7-8(13(4-5-13)15(20,21)22)6-9(11(26)10(7)17)12(2-3-12)14(18,19)16(23,24)25/h6,26H,2-5H2,1H3. The summed E-state index contributed by atoms with van der Waals surface area (Å²) in [6.45, 7) is 0.932. The van der Waals surface area contributed by atoms with Gasteiger partial charge in [0, 0.05) is 5.56 Å². The number of benzene rings is 1. The molecule has 0 atom stereocenters. The Morgan fingerprint density at radius 1 is 0.846 bits per heavy atom. The van der Waals surface area contributed by atoms with Gasteiger partial charge < -0.3 is 5.11 Å². The van der Waals surface area contributed by atoms with E-state index in [0.29, 0.717) is 6.07 Å². The lowest BCUT2D eigenvalue weighted by atomic mass is 9.82. The molecule has 0 amide bonds. The Morgan fingerprint density at radius 2 is 1.31 bits per heavy atom. The number of aromatic hydroxyl groups is 1. The Bertz CT molecular complexity index is 752. The number of rotatable bonds is 3. The topological polar surface area (TPSA) is 20.2 Å². The van der Waals surface area contributed by atoms with E-state index in [9.17, 15) is 44.6 Å². The first-order valence-electron chi connectivity index (χ1n) is 7.67. The van der Waals surface area contributed by atoms with E-state index >= 15 is 0 Å². The molecule has 146 valence electrons. The summed E-state index contributed by atoms with van der Waals surface area (Å²) in [5.41, 5.74) is -7.86. The summed E-state index contributed by atoms with van der Waals surface area (Å²) in [5, 5.41) is 9.84. The van der Waals surface area contributed by atoms with Gasteiger partial charge in [-0.1, -0.05) is 0 Å². The van der Waals surface area contributed by atoms with Crippen LogP contribution in [0.2, 0.25) is 0 Å². The second kappa shape index (κ2) is 5.01. The second-order valence-electron chi connectivity index (χ2n) is 6.99. The maximum Gasteiger partial charge on any atom is 0.454 e. The first-order valence-corrected chi connectivity index (χ1v) is 7.67. The van der Waals surface area contributed by atoms with Gasteiger partial charge in [-0.2, -0.15) is 35.1 Å². The van der Waals surface area contributed by atoms with Gasteiger partial charge >= 0.3 is 18.3 Å². The van der Waals surface area contributed by atoms with Gasteiger partial charge in [0.15, 0.2) is 11.6 Å². The average Bonchev–Trinajstić information content (AvgIpc) is 3.34. The molecule has 0 aliphatic heterocycles. The SMILES string of the molecule is Cc1c(C2(C(F)(F)F)CC2)cc(C2(C(F)(F)C(F)(F)F)CC2)c(O)c1F. The summed E-state index contributed by atoms with van der Waals surface area (Å²) in [5.74, 6) is -8.37. The highest BCUT2D eigenvalue weighted by Gasteiger charge is 2.76. The van der Waals surface area contributed by atoms with Gasteiger partial charge in [0.25, 0.3) is 0 Å². The van der Waals surface area contributed by atoms with Crippen LogP contribution in [0.5, 0.6) is 5.75 Å². The molecule has 0 unspecified atom stereocenters. The quantitative estimate of drug-likeness (QED) is 0.658. The van der Waals surface area contributed by atoms with Crippen LogP contribution in [0.1, 0.15) is 42.4 Å². The molecule has 1 N–H and O–H groups in total. The van der Waals surface area contributed by atoms with E-state index in [4.69, 9.17) is 0 Å². The molecule has 0 radical (unpaired) electrons. The van der Waals surface area contributed by atoms with Crippen molar-refractivity contribution >= 4 is 0 Å². The Hall–Kier alpha value is -1.61. The average molecular weight is 392 g/mol. The van der Waals surface area contributed by atoms with E-state index in [-0.39, 0.29) is 0 Å². The lowest BCUT2D eigenvalue weighted by Gasteiger charge is -2.31. The zero-order valence-electron chi connectivity index (χ0n) is 13.3. The summed E-state index contributed by atoms with van der Waals surface area (Å²) < 4.78 is 121. The number of phenols is 1. The van der Waals surface area contributed by atoms with E-state index in [2.05, 4.69) is 0 Å². The molecule has 2 aliphatic rings. The van der Waals surface area contributed by atoms with Crippen molar-refractivity contribution in [2.75, 3.05) is 0 Å². The van der Waals surface area contributed by atoms with Gasteiger partial charge in [0.05, 0.1) is 10.8 Å². The summed E-state index contributed by atoms with van der Waals surface area (Å²) in [6, 6.07) is 0.487. The van der Waals surface area contributed by atoms with Crippen molar-refractivity contribution in [1.82, 2.24) is 0 Å². The Labute approximate surface area is 141 Å². The minimum absolute atomic E-state index is 0.427. The molecule has 0 spiro atoms. The van der Waals surface area contributed by atoms with E-state index in [0.717, 1.165) is 6.92 Å². The van der Waals surface area contributed by atoms with Crippen molar-refractivity contribution in [2.24, 2.45) is 0 Å². The first kappa shape index (κ1) is 19.2. The van der Waals surface area contributed by atoms with E-state index in [1.807, 2.05) is 0 Å². The van der Waals surface area contributed by atoms with Crippen LogP contribution in [0, 0.1) is 12.7 Å². The van der Waals surface area contributed by atoms with Crippen LogP contribution in [0.15, 0.2) is 6.07 Å². The molecule has 1 aromatic rings. The molecule has 0 heterocycles. The maximum atomic E-state index is 14.3. The van der Waals surface area contributed by atoms with Crippen LogP contribution in [0.4, 0.5) is 39.5 Å². The summed E-state index contributed by atoms with van der Waals surface area (Å²) in [7, 11) is 0. The zero-order chi connectivity index (χ0) is 19.9. The van der Waals surface area contributed by atoms with Gasteiger partial charge in [0.2, 0.25) is 0 Å². The van der Waals surface area contributed by atoms with Crippen molar-refractivity contribution in [3.8, 4) is 5.75 Å². The van der Waals surface area contributed by atoms with Gasteiger partial charge in [-0.3, -0.25) is 0 Å². The third-order valence-electron chi connectivity index (χ3n) is 5.52. The van der Waals surface area contributed by atoms with Gasteiger partial charge in [-0.05, 0) is 49.8 Å². The maximum absolute atomic E-state index is 14.3. The molecule has 0 saturated heterocycles. The second-order valence-corrected chi connectivity index (χ2v) is 6.99. The molecule has 10 heteroatoms. The number of hydrogen-bond acceptors (Lipinski definition) is 1. The smallest absolute Gasteiger partial charge is 0.454 e. The van der Waals surface area contributed by atoms with Crippen LogP contribution < -0.4 is 0 Å². The fourth-order valence-corrected chi connectivity index (χ4v) is 3.58. The first-order chi connectivity index (χ1) is 11.6. The lowest BCUT2D eigenvalue weighted by molar-refractivity contribution is -0.296. The largest absolute Gasteiger partial charge is 0.505 e. The molecule has 3 rings (SSSR count). The number of alkyl halides is 8. The third-order valence-corrected chi connectivity index (χ3v) is 5.52. The summed E-state index contributed by atoms with van der Waals surface area (Å²) >= 11 is 0. The number of phenolic OH excluding ortho intramolecular Hbond substituents is 1. The van der Waals surface area contributed by atoms with Crippen molar-refractivity contribution in [3.05, 3.63) is 28.6 Å². The zero-order valence-corrected chi connectivity index (χ0v) is 13.3. The van der Waals surface area contributed by atoms with Crippen LogP contribution in [0.3, 0.4) is 0 Å². The minimum atomic E-state index is -5.99. The fraction of sp³-hybridized carbons (Fsp3) is 0.625. The van der Waals surface area contributed by atoms with E-state index in [1.165, 1.54) is 0 Å². The molecule has 2 aliphatic carbocycles. The van der Waals surface area contributed by atoms with Gasteiger partial charge in [-0.15, -0.1) is 0 Å². The Morgan fingerprint density at radius 3 is 1.65 bits per heavy atom. The highest BCUT2D eigenvalue weighted by molar-refractivity contribution is 5.54. The minimum Gasteiger partial charge on any atom is -0.505 e. The third kappa shape index (κ3) is 2.26. The van der Waals surface area contributed by atoms with Crippen molar-refractivity contribution in [1.29, 1.82) is 0 Å².